The Morgan fingerprint density at radius 3 is 2.43 bits per heavy atom. The normalized spacial score (nSPS) is 14.5. The van der Waals surface area contributed by atoms with Crippen molar-refractivity contribution in [2.75, 3.05) is 6.54 Å². The smallest absolute Gasteiger partial charge is 0.417 e. The summed E-state index contributed by atoms with van der Waals surface area (Å²) in [6, 6.07) is 10.6. The maximum absolute atomic E-state index is 13.2. The van der Waals surface area contributed by atoms with E-state index in [1.807, 2.05) is 0 Å². The van der Waals surface area contributed by atoms with Crippen LogP contribution in [0, 0.1) is 0 Å². The summed E-state index contributed by atoms with van der Waals surface area (Å²) in [5, 5.41) is 9.08. The summed E-state index contributed by atoms with van der Waals surface area (Å²) < 4.78 is 39.7. The lowest BCUT2D eigenvalue weighted by Gasteiger charge is -2.28. The van der Waals surface area contributed by atoms with Crippen molar-refractivity contribution in [1.29, 1.82) is 0 Å². The van der Waals surface area contributed by atoms with Gasteiger partial charge in [-0.05, 0) is 34.7 Å². The lowest BCUT2D eigenvalue weighted by molar-refractivity contribution is -0.137. The molecule has 0 saturated carbocycles. The molecule has 0 aliphatic carbocycles. The summed E-state index contributed by atoms with van der Waals surface area (Å²) in [5.74, 6) is 0. The van der Waals surface area contributed by atoms with Gasteiger partial charge in [0.05, 0.1) is 5.56 Å². The van der Waals surface area contributed by atoms with Crippen molar-refractivity contribution >= 4 is 6.09 Å². The van der Waals surface area contributed by atoms with E-state index in [4.69, 9.17) is 5.11 Å². The molecule has 1 heterocycles. The molecule has 3 nitrogen and oxygen atoms in total. The Labute approximate surface area is 131 Å². The molecule has 2 aromatic carbocycles. The summed E-state index contributed by atoms with van der Waals surface area (Å²) in [4.78, 5) is 12.3. The predicted octanol–water partition coefficient (Wildman–Crippen LogP) is 4.41. The summed E-state index contributed by atoms with van der Waals surface area (Å²) in [6.07, 6.45) is -5.04. The zero-order valence-electron chi connectivity index (χ0n) is 12.1. The van der Waals surface area contributed by atoms with Crippen LogP contribution in [0.25, 0.3) is 11.1 Å². The lowest BCUT2D eigenvalue weighted by Crippen LogP contribution is -2.35. The van der Waals surface area contributed by atoms with E-state index >= 15 is 0 Å². The summed E-state index contributed by atoms with van der Waals surface area (Å²) >= 11 is 0. The minimum Gasteiger partial charge on any atom is -0.465 e. The first-order valence-electron chi connectivity index (χ1n) is 7.13. The van der Waals surface area contributed by atoms with Gasteiger partial charge in [0.25, 0.3) is 0 Å². The lowest BCUT2D eigenvalue weighted by atomic mass is 9.88. The Morgan fingerprint density at radius 1 is 1.04 bits per heavy atom. The van der Waals surface area contributed by atoms with Crippen LogP contribution in [0.4, 0.5) is 18.0 Å². The van der Waals surface area contributed by atoms with Gasteiger partial charge in [-0.3, -0.25) is 0 Å². The number of amides is 1. The van der Waals surface area contributed by atoms with Crippen LogP contribution in [-0.4, -0.2) is 22.6 Å². The summed E-state index contributed by atoms with van der Waals surface area (Å²) in [6.45, 7) is 0.486. The van der Waals surface area contributed by atoms with Crippen molar-refractivity contribution in [3.8, 4) is 11.1 Å². The standard InChI is InChI=1S/C17H14F3NO2/c18-17(19,20)15-7-2-1-5-14(15)13-6-3-4-11-10-21(16(22)23)9-8-12(11)13/h1-7H,8-10H2,(H,22,23). The van der Waals surface area contributed by atoms with Crippen molar-refractivity contribution < 1.29 is 23.1 Å². The van der Waals surface area contributed by atoms with Gasteiger partial charge < -0.3 is 10.0 Å². The van der Waals surface area contributed by atoms with Crippen molar-refractivity contribution in [2.45, 2.75) is 19.1 Å². The molecular formula is C17H14F3NO2. The molecule has 1 amide bonds. The molecule has 0 radical (unpaired) electrons. The minimum atomic E-state index is -4.43. The fraction of sp³-hybridized carbons (Fsp3) is 0.235. The third-order valence-electron chi connectivity index (χ3n) is 4.06. The highest BCUT2D eigenvalue weighted by atomic mass is 19.4. The second-order valence-electron chi connectivity index (χ2n) is 5.44. The van der Waals surface area contributed by atoms with Crippen molar-refractivity contribution in [1.82, 2.24) is 4.90 Å². The fourth-order valence-corrected chi connectivity index (χ4v) is 2.99. The molecule has 3 rings (SSSR count). The van der Waals surface area contributed by atoms with E-state index in [0.717, 1.165) is 17.2 Å². The summed E-state index contributed by atoms with van der Waals surface area (Å²) in [7, 11) is 0. The number of carbonyl (C=O) groups is 1. The number of hydrogen-bond donors (Lipinski definition) is 1. The minimum absolute atomic E-state index is 0.139. The molecule has 1 N–H and O–H groups in total. The van der Waals surface area contributed by atoms with Crippen LogP contribution in [0.3, 0.4) is 0 Å². The Morgan fingerprint density at radius 2 is 1.74 bits per heavy atom. The zero-order valence-corrected chi connectivity index (χ0v) is 12.1. The maximum Gasteiger partial charge on any atom is 0.417 e. The quantitative estimate of drug-likeness (QED) is 0.845. The van der Waals surface area contributed by atoms with E-state index in [0.29, 0.717) is 12.0 Å². The Hall–Kier alpha value is -2.50. The highest BCUT2D eigenvalue weighted by molar-refractivity contribution is 5.74. The van der Waals surface area contributed by atoms with Crippen molar-refractivity contribution in [2.24, 2.45) is 0 Å². The molecule has 2 aromatic rings. The first kappa shape index (κ1) is 15.4. The van der Waals surface area contributed by atoms with Gasteiger partial charge in [0.1, 0.15) is 0 Å². The average molecular weight is 321 g/mol. The molecule has 0 atom stereocenters. The van der Waals surface area contributed by atoms with Gasteiger partial charge in [0.2, 0.25) is 0 Å². The zero-order chi connectivity index (χ0) is 16.6. The molecule has 0 fully saturated rings. The van der Waals surface area contributed by atoms with Gasteiger partial charge in [-0.15, -0.1) is 0 Å². The number of fused-ring (bicyclic) bond motifs is 1. The van der Waals surface area contributed by atoms with Gasteiger partial charge in [-0.25, -0.2) is 4.79 Å². The second-order valence-corrected chi connectivity index (χ2v) is 5.44. The number of rotatable bonds is 1. The fourth-order valence-electron chi connectivity index (χ4n) is 2.99. The molecule has 6 heteroatoms. The SMILES string of the molecule is O=C(O)N1CCc2c(cccc2-c2ccccc2C(F)(F)F)C1. The van der Waals surface area contributed by atoms with E-state index in [2.05, 4.69) is 0 Å². The topological polar surface area (TPSA) is 40.5 Å². The number of nitrogens with zero attached hydrogens (tertiary/aromatic N) is 1. The Balaban J connectivity index is 2.11. The number of alkyl halides is 3. The van der Waals surface area contributed by atoms with Crippen molar-refractivity contribution in [3.05, 3.63) is 59.2 Å². The van der Waals surface area contributed by atoms with Crippen LogP contribution < -0.4 is 0 Å². The molecular weight excluding hydrogens is 307 g/mol. The molecule has 1 aliphatic rings. The van der Waals surface area contributed by atoms with E-state index in [-0.39, 0.29) is 18.7 Å². The summed E-state index contributed by atoms with van der Waals surface area (Å²) in [5.41, 5.74) is 1.55. The highest BCUT2D eigenvalue weighted by Crippen LogP contribution is 2.39. The monoisotopic (exact) mass is 321 g/mol. The van der Waals surface area contributed by atoms with Crippen molar-refractivity contribution in [3.63, 3.8) is 0 Å². The van der Waals surface area contributed by atoms with Gasteiger partial charge >= 0.3 is 12.3 Å². The second kappa shape index (κ2) is 5.61. The van der Waals surface area contributed by atoms with Crippen LogP contribution in [0.5, 0.6) is 0 Å². The molecule has 0 aromatic heterocycles. The van der Waals surface area contributed by atoms with Crippen LogP contribution in [0.1, 0.15) is 16.7 Å². The van der Waals surface area contributed by atoms with Gasteiger partial charge in [0, 0.05) is 13.1 Å². The molecule has 23 heavy (non-hydrogen) atoms. The molecule has 0 bridgehead atoms. The predicted molar refractivity (Wildman–Crippen MR) is 79.0 cm³/mol. The molecule has 0 spiro atoms. The first-order valence-corrected chi connectivity index (χ1v) is 7.13. The van der Waals surface area contributed by atoms with E-state index in [9.17, 15) is 18.0 Å². The van der Waals surface area contributed by atoms with Crippen LogP contribution in [-0.2, 0) is 19.1 Å². The Kier molecular flexibility index (Phi) is 3.75. The van der Waals surface area contributed by atoms with Gasteiger partial charge in [0.15, 0.2) is 0 Å². The molecule has 1 aliphatic heterocycles. The number of benzene rings is 2. The van der Waals surface area contributed by atoms with Gasteiger partial charge in [-0.1, -0.05) is 36.4 Å². The highest BCUT2D eigenvalue weighted by Gasteiger charge is 2.34. The van der Waals surface area contributed by atoms with E-state index < -0.39 is 17.8 Å². The van der Waals surface area contributed by atoms with E-state index in [1.165, 1.54) is 17.0 Å². The number of halogens is 3. The van der Waals surface area contributed by atoms with Crippen LogP contribution in [0.2, 0.25) is 0 Å². The molecule has 0 saturated heterocycles. The number of hydrogen-bond acceptors (Lipinski definition) is 1. The maximum atomic E-state index is 13.2. The van der Waals surface area contributed by atoms with Gasteiger partial charge in [-0.2, -0.15) is 13.2 Å². The van der Waals surface area contributed by atoms with E-state index in [1.54, 1.807) is 24.3 Å². The number of carboxylic acid groups (broad SMARTS) is 1. The third kappa shape index (κ3) is 2.88. The van der Waals surface area contributed by atoms with Crippen LogP contribution >= 0.6 is 0 Å². The molecule has 120 valence electrons. The average Bonchev–Trinajstić information content (AvgIpc) is 2.53. The third-order valence-corrected chi connectivity index (χ3v) is 4.06. The Bertz CT molecular complexity index is 756. The first-order chi connectivity index (χ1) is 10.9. The largest absolute Gasteiger partial charge is 0.465 e. The van der Waals surface area contributed by atoms with Crippen LogP contribution in [0.15, 0.2) is 42.5 Å². The molecule has 0 unspecified atom stereocenters.